The van der Waals surface area contributed by atoms with Crippen LogP contribution in [0.5, 0.6) is 0 Å². The lowest BCUT2D eigenvalue weighted by Gasteiger charge is -2.21. The average Bonchev–Trinajstić information content (AvgIpc) is 2.49. The molecule has 0 radical (unpaired) electrons. The van der Waals surface area contributed by atoms with Crippen LogP contribution in [0, 0.1) is 6.92 Å². The van der Waals surface area contributed by atoms with E-state index in [1.165, 1.54) is 0 Å². The van der Waals surface area contributed by atoms with Crippen LogP contribution in [0.3, 0.4) is 0 Å². The van der Waals surface area contributed by atoms with Gasteiger partial charge in [0, 0.05) is 24.7 Å². The number of aromatic nitrogens is 1. The molecule has 4 nitrogen and oxygen atoms in total. The Balaban J connectivity index is 2.23. The van der Waals surface area contributed by atoms with Crippen molar-refractivity contribution in [3.8, 4) is 0 Å². The number of halogens is 1. The average molecular weight is 289 g/mol. The van der Waals surface area contributed by atoms with Crippen molar-refractivity contribution >= 4 is 27.3 Å². The first-order valence-corrected chi connectivity index (χ1v) is 8.35. The van der Waals surface area contributed by atoms with Crippen molar-refractivity contribution in [2.75, 3.05) is 29.5 Å². The summed E-state index contributed by atoms with van der Waals surface area (Å²) in [5.41, 5.74) is 1.93. The Bertz CT molecular complexity index is 531. The van der Waals surface area contributed by atoms with E-state index in [0.717, 1.165) is 23.6 Å². The van der Waals surface area contributed by atoms with Gasteiger partial charge >= 0.3 is 0 Å². The normalized spacial score (nSPS) is 19.6. The van der Waals surface area contributed by atoms with Crippen LogP contribution < -0.4 is 4.90 Å². The standard InChI is InChI=1S/C12H17ClN2O2S/c1-10-7-11(9-13)8-12(14-10)15-3-2-5-18(16,17)6-4-15/h7-8H,2-6,9H2,1H3. The lowest BCUT2D eigenvalue weighted by molar-refractivity contribution is 0.597. The van der Waals surface area contributed by atoms with Crippen LogP contribution in [0.25, 0.3) is 0 Å². The molecule has 18 heavy (non-hydrogen) atoms. The Morgan fingerprint density at radius 1 is 1.33 bits per heavy atom. The third kappa shape index (κ3) is 3.36. The number of sulfone groups is 1. The van der Waals surface area contributed by atoms with Gasteiger partial charge in [-0.1, -0.05) is 0 Å². The monoisotopic (exact) mass is 288 g/mol. The van der Waals surface area contributed by atoms with E-state index < -0.39 is 9.84 Å². The molecule has 0 bridgehead atoms. The van der Waals surface area contributed by atoms with Gasteiger partial charge in [0.1, 0.15) is 5.82 Å². The van der Waals surface area contributed by atoms with Crippen molar-refractivity contribution in [2.24, 2.45) is 0 Å². The molecule has 1 aromatic rings. The van der Waals surface area contributed by atoms with Crippen LogP contribution in [0.4, 0.5) is 5.82 Å². The van der Waals surface area contributed by atoms with E-state index in [0.29, 0.717) is 18.8 Å². The number of hydrogen-bond acceptors (Lipinski definition) is 4. The van der Waals surface area contributed by atoms with Gasteiger partial charge in [-0.15, -0.1) is 11.6 Å². The second-order valence-corrected chi connectivity index (χ2v) is 7.17. The fraction of sp³-hybridized carbons (Fsp3) is 0.583. The number of nitrogens with zero attached hydrogens (tertiary/aromatic N) is 2. The van der Waals surface area contributed by atoms with Gasteiger partial charge in [-0.25, -0.2) is 13.4 Å². The number of rotatable bonds is 2. The van der Waals surface area contributed by atoms with Crippen molar-refractivity contribution in [1.29, 1.82) is 0 Å². The lowest BCUT2D eigenvalue weighted by atomic mass is 10.2. The summed E-state index contributed by atoms with van der Waals surface area (Å²) in [5.74, 6) is 1.77. The summed E-state index contributed by atoms with van der Waals surface area (Å²) >= 11 is 5.85. The molecular weight excluding hydrogens is 272 g/mol. The number of aryl methyl sites for hydroxylation is 1. The second kappa shape index (κ2) is 5.45. The summed E-state index contributed by atoms with van der Waals surface area (Å²) in [4.78, 5) is 6.50. The minimum absolute atomic E-state index is 0.207. The molecule has 0 saturated carbocycles. The Morgan fingerprint density at radius 2 is 2.11 bits per heavy atom. The van der Waals surface area contributed by atoms with Crippen molar-refractivity contribution in [2.45, 2.75) is 19.2 Å². The molecule has 1 aliphatic rings. The quantitative estimate of drug-likeness (QED) is 0.778. The summed E-state index contributed by atoms with van der Waals surface area (Å²) in [6.45, 7) is 3.17. The highest BCUT2D eigenvalue weighted by Crippen LogP contribution is 2.18. The van der Waals surface area contributed by atoms with Crippen LogP contribution in [0.2, 0.25) is 0 Å². The zero-order valence-electron chi connectivity index (χ0n) is 10.4. The summed E-state index contributed by atoms with van der Waals surface area (Å²) in [5, 5.41) is 0. The molecule has 1 aromatic heterocycles. The van der Waals surface area contributed by atoms with Crippen LogP contribution in [0.1, 0.15) is 17.7 Å². The molecule has 100 valence electrons. The molecule has 2 rings (SSSR count). The van der Waals surface area contributed by atoms with Crippen molar-refractivity contribution < 1.29 is 8.42 Å². The first-order valence-electron chi connectivity index (χ1n) is 5.99. The van der Waals surface area contributed by atoms with Gasteiger partial charge in [-0.05, 0) is 31.0 Å². The zero-order valence-corrected chi connectivity index (χ0v) is 12.0. The topological polar surface area (TPSA) is 50.3 Å². The third-order valence-corrected chi connectivity index (χ3v) is 5.06. The highest BCUT2D eigenvalue weighted by molar-refractivity contribution is 7.91. The molecule has 6 heteroatoms. The third-order valence-electron chi connectivity index (χ3n) is 3.03. The number of pyridine rings is 1. The zero-order chi connectivity index (χ0) is 13.2. The lowest BCUT2D eigenvalue weighted by Crippen LogP contribution is -2.27. The van der Waals surface area contributed by atoms with Gasteiger partial charge in [0.2, 0.25) is 0 Å². The maximum atomic E-state index is 11.6. The number of anilines is 1. The van der Waals surface area contributed by atoms with Gasteiger partial charge in [-0.2, -0.15) is 0 Å². The predicted molar refractivity (Wildman–Crippen MR) is 74.0 cm³/mol. The van der Waals surface area contributed by atoms with E-state index in [2.05, 4.69) is 4.98 Å². The predicted octanol–water partition coefficient (Wildman–Crippen LogP) is 1.75. The molecule has 0 N–H and O–H groups in total. The highest BCUT2D eigenvalue weighted by atomic mass is 35.5. The molecule has 1 saturated heterocycles. The van der Waals surface area contributed by atoms with E-state index in [1.54, 1.807) is 0 Å². The first kappa shape index (κ1) is 13.6. The fourth-order valence-electron chi connectivity index (χ4n) is 2.13. The molecule has 0 unspecified atom stereocenters. The number of alkyl halides is 1. The molecule has 1 aliphatic heterocycles. The van der Waals surface area contributed by atoms with Gasteiger partial charge in [0.05, 0.1) is 11.5 Å². The molecule has 0 atom stereocenters. The van der Waals surface area contributed by atoms with E-state index in [9.17, 15) is 8.42 Å². The number of hydrogen-bond donors (Lipinski definition) is 0. The highest BCUT2D eigenvalue weighted by Gasteiger charge is 2.20. The first-order chi connectivity index (χ1) is 8.50. The molecule has 0 aliphatic carbocycles. The van der Waals surface area contributed by atoms with Crippen LogP contribution >= 0.6 is 11.6 Å². The Hall–Kier alpha value is -0.810. The fourth-order valence-corrected chi connectivity index (χ4v) is 3.55. The minimum atomic E-state index is -2.88. The Kier molecular flexibility index (Phi) is 4.12. The van der Waals surface area contributed by atoms with E-state index in [-0.39, 0.29) is 11.5 Å². The molecule has 0 amide bonds. The van der Waals surface area contributed by atoms with Crippen LogP contribution in [0.15, 0.2) is 12.1 Å². The van der Waals surface area contributed by atoms with Gasteiger partial charge in [-0.3, -0.25) is 0 Å². The summed E-state index contributed by atoms with van der Waals surface area (Å²) in [6.07, 6.45) is 0.661. The molecule has 2 heterocycles. The van der Waals surface area contributed by atoms with Crippen LogP contribution in [-0.2, 0) is 15.7 Å². The molecule has 1 fully saturated rings. The summed E-state index contributed by atoms with van der Waals surface area (Å²) < 4.78 is 23.1. The SMILES string of the molecule is Cc1cc(CCl)cc(N2CCCS(=O)(=O)CC2)n1. The van der Waals surface area contributed by atoms with Gasteiger partial charge in [0.25, 0.3) is 0 Å². The largest absolute Gasteiger partial charge is 0.356 e. The summed E-state index contributed by atoms with van der Waals surface area (Å²) in [6, 6.07) is 3.89. The Morgan fingerprint density at radius 3 is 2.83 bits per heavy atom. The van der Waals surface area contributed by atoms with Gasteiger partial charge in [0.15, 0.2) is 9.84 Å². The molecule has 0 spiro atoms. The van der Waals surface area contributed by atoms with E-state index in [1.807, 2.05) is 24.0 Å². The smallest absolute Gasteiger partial charge is 0.152 e. The molecule has 0 aromatic carbocycles. The van der Waals surface area contributed by atoms with E-state index >= 15 is 0 Å². The molecular formula is C12H17ClN2O2S. The van der Waals surface area contributed by atoms with Crippen molar-refractivity contribution in [3.63, 3.8) is 0 Å². The minimum Gasteiger partial charge on any atom is -0.356 e. The van der Waals surface area contributed by atoms with E-state index in [4.69, 9.17) is 11.6 Å². The second-order valence-electron chi connectivity index (χ2n) is 4.60. The van der Waals surface area contributed by atoms with Crippen molar-refractivity contribution in [1.82, 2.24) is 4.98 Å². The maximum Gasteiger partial charge on any atom is 0.152 e. The maximum absolute atomic E-state index is 11.6. The van der Waals surface area contributed by atoms with Crippen molar-refractivity contribution in [3.05, 3.63) is 23.4 Å². The summed E-state index contributed by atoms with van der Waals surface area (Å²) in [7, 11) is -2.88. The van der Waals surface area contributed by atoms with Gasteiger partial charge < -0.3 is 4.90 Å². The Labute approximate surface area is 113 Å². The van der Waals surface area contributed by atoms with Crippen LogP contribution in [-0.4, -0.2) is 38.0 Å².